The smallest absolute Gasteiger partial charge is 0.317 e. The second kappa shape index (κ2) is 6.75. The maximum Gasteiger partial charge on any atom is 0.317 e. The molecule has 0 bridgehead atoms. The number of carbonyl (C=O) groups excluding carboxylic acids is 1. The van der Waals surface area contributed by atoms with Crippen molar-refractivity contribution >= 4 is 6.03 Å². The fraction of sp³-hybridized carbons (Fsp3) is 0.900. The molecule has 0 aliphatic heterocycles. The fourth-order valence-electron chi connectivity index (χ4n) is 1.09. The molecule has 13 heavy (non-hydrogen) atoms. The molecule has 0 saturated carbocycles. The van der Waals surface area contributed by atoms with Gasteiger partial charge in [0.05, 0.1) is 0 Å². The lowest BCUT2D eigenvalue weighted by molar-refractivity contribution is 0.197. The summed E-state index contributed by atoms with van der Waals surface area (Å²) in [6.45, 7) is 9.75. The largest absolute Gasteiger partial charge is 0.336 e. The van der Waals surface area contributed by atoms with Crippen LogP contribution in [0.1, 0.15) is 40.5 Å². The summed E-state index contributed by atoms with van der Waals surface area (Å²) in [6.07, 6.45) is 2.21. The van der Waals surface area contributed by atoms with E-state index in [1.807, 2.05) is 25.7 Å². The predicted molar refractivity (Wildman–Crippen MR) is 55.8 cm³/mol. The zero-order valence-corrected chi connectivity index (χ0v) is 9.26. The van der Waals surface area contributed by atoms with E-state index in [4.69, 9.17) is 0 Å². The Bertz CT molecular complexity index is 146. The van der Waals surface area contributed by atoms with Crippen molar-refractivity contribution in [3.63, 3.8) is 0 Å². The Morgan fingerprint density at radius 1 is 1.38 bits per heavy atom. The zero-order valence-electron chi connectivity index (χ0n) is 9.26. The van der Waals surface area contributed by atoms with E-state index in [2.05, 4.69) is 12.2 Å². The Kier molecular flexibility index (Phi) is 6.37. The molecular formula is C10H22N2O. The molecule has 0 fully saturated rings. The molecule has 3 heteroatoms. The summed E-state index contributed by atoms with van der Waals surface area (Å²) in [5.41, 5.74) is 0. The lowest BCUT2D eigenvalue weighted by atomic mass is 10.3. The fourth-order valence-corrected chi connectivity index (χ4v) is 1.09. The number of hydrogen-bond donors (Lipinski definition) is 1. The van der Waals surface area contributed by atoms with Crippen LogP contribution in [0.3, 0.4) is 0 Å². The van der Waals surface area contributed by atoms with Crippen LogP contribution in [-0.4, -0.2) is 30.1 Å². The SMILES string of the molecule is CCCCN(CC)C(=O)NC(C)C. The second-order valence-electron chi connectivity index (χ2n) is 3.54. The first-order valence-electron chi connectivity index (χ1n) is 5.17. The maximum absolute atomic E-state index is 11.5. The van der Waals surface area contributed by atoms with Crippen LogP contribution in [0.2, 0.25) is 0 Å². The average molecular weight is 186 g/mol. The van der Waals surface area contributed by atoms with E-state index < -0.39 is 0 Å². The number of nitrogens with zero attached hydrogens (tertiary/aromatic N) is 1. The predicted octanol–water partition coefficient (Wildman–Crippen LogP) is 2.23. The molecule has 0 heterocycles. The summed E-state index contributed by atoms with van der Waals surface area (Å²) in [7, 11) is 0. The summed E-state index contributed by atoms with van der Waals surface area (Å²) in [6, 6.07) is 0.286. The first-order valence-corrected chi connectivity index (χ1v) is 5.17. The molecule has 0 aromatic carbocycles. The van der Waals surface area contributed by atoms with Gasteiger partial charge in [-0.05, 0) is 27.2 Å². The van der Waals surface area contributed by atoms with Gasteiger partial charge in [-0.2, -0.15) is 0 Å². The first kappa shape index (κ1) is 12.3. The summed E-state index contributed by atoms with van der Waals surface area (Å²) < 4.78 is 0. The average Bonchev–Trinajstić information content (AvgIpc) is 2.04. The Morgan fingerprint density at radius 3 is 2.38 bits per heavy atom. The van der Waals surface area contributed by atoms with Crippen molar-refractivity contribution in [1.29, 1.82) is 0 Å². The van der Waals surface area contributed by atoms with Gasteiger partial charge in [0.25, 0.3) is 0 Å². The first-order chi connectivity index (χ1) is 6.11. The van der Waals surface area contributed by atoms with E-state index >= 15 is 0 Å². The summed E-state index contributed by atoms with van der Waals surface area (Å²) in [5, 5.41) is 2.89. The molecule has 0 aliphatic carbocycles. The number of unbranched alkanes of at least 4 members (excludes halogenated alkanes) is 1. The number of urea groups is 1. The number of carbonyl (C=O) groups is 1. The van der Waals surface area contributed by atoms with Gasteiger partial charge < -0.3 is 10.2 Å². The minimum atomic E-state index is 0.0611. The lowest BCUT2D eigenvalue weighted by Gasteiger charge is -2.22. The van der Waals surface area contributed by atoms with Gasteiger partial charge >= 0.3 is 6.03 Å². The van der Waals surface area contributed by atoms with Gasteiger partial charge in [0.2, 0.25) is 0 Å². The molecule has 0 spiro atoms. The normalized spacial score (nSPS) is 10.2. The lowest BCUT2D eigenvalue weighted by Crippen LogP contribution is -2.43. The van der Waals surface area contributed by atoms with Crippen molar-refractivity contribution in [2.75, 3.05) is 13.1 Å². The Morgan fingerprint density at radius 2 is 2.00 bits per heavy atom. The standard InChI is InChI=1S/C10H22N2O/c1-5-7-8-12(6-2)10(13)11-9(3)4/h9H,5-8H2,1-4H3,(H,11,13). The molecule has 0 aromatic heterocycles. The quantitative estimate of drug-likeness (QED) is 0.701. The molecule has 0 aromatic rings. The molecule has 0 saturated heterocycles. The van der Waals surface area contributed by atoms with E-state index in [0.717, 1.165) is 25.9 Å². The van der Waals surface area contributed by atoms with Crippen LogP contribution >= 0.6 is 0 Å². The van der Waals surface area contributed by atoms with Crippen molar-refractivity contribution < 1.29 is 4.79 Å². The third-order valence-electron chi connectivity index (χ3n) is 1.86. The van der Waals surface area contributed by atoms with Crippen LogP contribution in [0.4, 0.5) is 4.79 Å². The maximum atomic E-state index is 11.5. The van der Waals surface area contributed by atoms with Crippen molar-refractivity contribution in [3.05, 3.63) is 0 Å². The summed E-state index contributed by atoms with van der Waals surface area (Å²) >= 11 is 0. The topological polar surface area (TPSA) is 32.3 Å². The molecule has 0 atom stereocenters. The molecule has 0 rings (SSSR count). The van der Waals surface area contributed by atoms with E-state index in [9.17, 15) is 4.79 Å². The van der Waals surface area contributed by atoms with Crippen molar-refractivity contribution in [2.24, 2.45) is 0 Å². The second-order valence-corrected chi connectivity index (χ2v) is 3.54. The van der Waals surface area contributed by atoms with E-state index in [-0.39, 0.29) is 12.1 Å². The van der Waals surface area contributed by atoms with Gasteiger partial charge in [-0.3, -0.25) is 0 Å². The molecule has 0 unspecified atom stereocenters. The van der Waals surface area contributed by atoms with Gasteiger partial charge in [0, 0.05) is 19.1 Å². The Labute approximate surface area is 81.5 Å². The third kappa shape index (κ3) is 5.50. The number of nitrogens with one attached hydrogen (secondary N) is 1. The van der Waals surface area contributed by atoms with Crippen molar-refractivity contribution in [2.45, 2.75) is 46.6 Å². The number of amides is 2. The molecule has 3 nitrogen and oxygen atoms in total. The van der Waals surface area contributed by atoms with Crippen LogP contribution in [-0.2, 0) is 0 Å². The van der Waals surface area contributed by atoms with E-state index in [1.165, 1.54) is 0 Å². The van der Waals surface area contributed by atoms with Crippen LogP contribution in [0.5, 0.6) is 0 Å². The number of rotatable bonds is 5. The van der Waals surface area contributed by atoms with Crippen LogP contribution in [0.25, 0.3) is 0 Å². The molecule has 2 amide bonds. The van der Waals surface area contributed by atoms with Gasteiger partial charge in [-0.1, -0.05) is 13.3 Å². The summed E-state index contributed by atoms with van der Waals surface area (Å²) in [5.74, 6) is 0. The molecule has 78 valence electrons. The zero-order chi connectivity index (χ0) is 10.3. The highest BCUT2D eigenvalue weighted by molar-refractivity contribution is 5.74. The highest BCUT2D eigenvalue weighted by Crippen LogP contribution is 1.96. The van der Waals surface area contributed by atoms with Gasteiger partial charge in [-0.25, -0.2) is 4.79 Å². The number of hydrogen-bond acceptors (Lipinski definition) is 1. The van der Waals surface area contributed by atoms with Gasteiger partial charge in [0.1, 0.15) is 0 Å². The monoisotopic (exact) mass is 186 g/mol. The van der Waals surface area contributed by atoms with Crippen LogP contribution in [0.15, 0.2) is 0 Å². The van der Waals surface area contributed by atoms with Crippen LogP contribution in [0, 0.1) is 0 Å². The van der Waals surface area contributed by atoms with Crippen molar-refractivity contribution in [1.82, 2.24) is 10.2 Å². The highest BCUT2D eigenvalue weighted by Gasteiger charge is 2.10. The molecule has 1 N–H and O–H groups in total. The van der Waals surface area contributed by atoms with Crippen LogP contribution < -0.4 is 5.32 Å². The van der Waals surface area contributed by atoms with Crippen molar-refractivity contribution in [3.8, 4) is 0 Å². The van der Waals surface area contributed by atoms with Gasteiger partial charge in [-0.15, -0.1) is 0 Å². The Hall–Kier alpha value is -0.730. The minimum Gasteiger partial charge on any atom is -0.336 e. The molecular weight excluding hydrogens is 164 g/mol. The Balaban J connectivity index is 3.84. The van der Waals surface area contributed by atoms with E-state index in [0.29, 0.717) is 0 Å². The van der Waals surface area contributed by atoms with E-state index in [1.54, 1.807) is 0 Å². The summed E-state index contributed by atoms with van der Waals surface area (Å²) in [4.78, 5) is 13.4. The third-order valence-corrected chi connectivity index (χ3v) is 1.86. The molecule has 0 aliphatic rings. The molecule has 0 radical (unpaired) electrons. The minimum absolute atomic E-state index is 0.0611. The van der Waals surface area contributed by atoms with Gasteiger partial charge in [0.15, 0.2) is 0 Å². The highest BCUT2D eigenvalue weighted by atomic mass is 16.2.